The number of carbonyl (C=O) groups is 1. The number of hydrogen-bond acceptors (Lipinski definition) is 3. The van der Waals surface area contributed by atoms with Crippen LogP contribution >= 0.6 is 0 Å². The van der Waals surface area contributed by atoms with E-state index in [1.54, 1.807) is 6.20 Å². The van der Waals surface area contributed by atoms with E-state index in [1.807, 2.05) is 24.1 Å². The van der Waals surface area contributed by atoms with E-state index >= 15 is 0 Å². The highest BCUT2D eigenvalue weighted by molar-refractivity contribution is 5.95. The van der Waals surface area contributed by atoms with Gasteiger partial charge >= 0.3 is 0 Å². The molecule has 0 spiro atoms. The van der Waals surface area contributed by atoms with E-state index in [-0.39, 0.29) is 5.91 Å². The van der Waals surface area contributed by atoms with Gasteiger partial charge in [-0.25, -0.2) is 0 Å². The Bertz CT molecular complexity index is 518. The molecular weight excluding hydrogens is 250 g/mol. The molecule has 4 heteroatoms. The maximum absolute atomic E-state index is 12.3. The molecule has 1 atom stereocenters. The summed E-state index contributed by atoms with van der Waals surface area (Å²) in [7, 11) is 1.90. The number of fused-ring (bicyclic) bond motifs is 1. The number of carbonyl (C=O) groups excluding carboxylic acids is 1. The largest absolute Gasteiger partial charge is 0.341 e. The number of hydrogen-bond donors (Lipinski definition) is 0. The van der Waals surface area contributed by atoms with Crippen LogP contribution < -0.4 is 0 Å². The smallest absolute Gasteiger partial charge is 0.255 e. The fourth-order valence-corrected chi connectivity index (χ4v) is 3.07. The normalized spacial score (nSPS) is 22.9. The summed E-state index contributed by atoms with van der Waals surface area (Å²) in [6, 6.07) is 3.74. The summed E-state index contributed by atoms with van der Waals surface area (Å²) >= 11 is 0. The lowest BCUT2D eigenvalue weighted by Crippen LogP contribution is -2.31. The van der Waals surface area contributed by atoms with Gasteiger partial charge in [0.25, 0.3) is 5.91 Å². The number of nitrogens with zero attached hydrogens (tertiary/aromatic N) is 3. The summed E-state index contributed by atoms with van der Waals surface area (Å²) in [4.78, 5) is 21.0. The molecule has 0 saturated carbocycles. The zero-order chi connectivity index (χ0) is 13.9. The molecule has 3 heterocycles. The van der Waals surface area contributed by atoms with Gasteiger partial charge in [-0.1, -0.05) is 12.2 Å². The molecule has 1 aromatic heterocycles. The molecule has 0 saturated heterocycles. The molecule has 1 unspecified atom stereocenters. The van der Waals surface area contributed by atoms with Crippen molar-refractivity contribution < 1.29 is 4.79 Å². The summed E-state index contributed by atoms with van der Waals surface area (Å²) in [5.41, 5.74) is 1.74. The molecule has 2 aliphatic heterocycles. The lowest BCUT2D eigenvalue weighted by atomic mass is 9.98. The van der Waals surface area contributed by atoms with E-state index in [4.69, 9.17) is 0 Å². The number of aromatic nitrogens is 1. The van der Waals surface area contributed by atoms with Crippen LogP contribution in [0.4, 0.5) is 0 Å². The molecule has 4 nitrogen and oxygen atoms in total. The Morgan fingerprint density at radius 2 is 2.15 bits per heavy atom. The standard InChI is InChI=1S/C16H21N3O/c1-18-12-13(6-10-19-8-2-3-9-19)11-15-14(16(18)20)5-4-7-17-15/h2-5,7,13H,6,8-12H2,1H3. The van der Waals surface area contributed by atoms with Crippen molar-refractivity contribution in [1.82, 2.24) is 14.8 Å². The van der Waals surface area contributed by atoms with Crippen molar-refractivity contribution in [3.63, 3.8) is 0 Å². The molecule has 0 radical (unpaired) electrons. The van der Waals surface area contributed by atoms with Gasteiger partial charge in [-0.2, -0.15) is 0 Å². The molecule has 0 aliphatic carbocycles. The third kappa shape index (κ3) is 2.75. The predicted molar refractivity (Wildman–Crippen MR) is 78.6 cm³/mol. The van der Waals surface area contributed by atoms with Gasteiger partial charge in [0, 0.05) is 32.9 Å². The third-order valence-electron chi connectivity index (χ3n) is 4.23. The van der Waals surface area contributed by atoms with Gasteiger partial charge in [0.15, 0.2) is 0 Å². The summed E-state index contributed by atoms with van der Waals surface area (Å²) in [6.45, 7) is 4.06. The van der Waals surface area contributed by atoms with E-state index < -0.39 is 0 Å². The van der Waals surface area contributed by atoms with E-state index in [1.165, 1.54) is 0 Å². The van der Waals surface area contributed by atoms with Crippen molar-refractivity contribution in [2.24, 2.45) is 5.92 Å². The fourth-order valence-electron chi connectivity index (χ4n) is 3.07. The van der Waals surface area contributed by atoms with Crippen LogP contribution in [0.15, 0.2) is 30.5 Å². The molecule has 3 rings (SSSR count). The first kappa shape index (κ1) is 13.3. The molecule has 106 valence electrons. The minimum Gasteiger partial charge on any atom is -0.341 e. The predicted octanol–water partition coefficient (Wildman–Crippen LogP) is 1.59. The molecule has 1 aromatic rings. The van der Waals surface area contributed by atoms with Gasteiger partial charge in [0.1, 0.15) is 0 Å². The van der Waals surface area contributed by atoms with Gasteiger partial charge in [0.2, 0.25) is 0 Å². The minimum absolute atomic E-state index is 0.110. The van der Waals surface area contributed by atoms with Crippen molar-refractivity contribution in [3.05, 3.63) is 41.7 Å². The third-order valence-corrected chi connectivity index (χ3v) is 4.23. The van der Waals surface area contributed by atoms with Crippen molar-refractivity contribution >= 4 is 5.91 Å². The van der Waals surface area contributed by atoms with Crippen molar-refractivity contribution in [2.75, 3.05) is 33.2 Å². The molecule has 2 aliphatic rings. The first-order chi connectivity index (χ1) is 9.74. The Kier molecular flexibility index (Phi) is 3.83. The number of amides is 1. The van der Waals surface area contributed by atoms with Gasteiger partial charge in [-0.05, 0) is 37.4 Å². The van der Waals surface area contributed by atoms with Crippen LogP contribution in [0.25, 0.3) is 0 Å². The van der Waals surface area contributed by atoms with Gasteiger partial charge in [-0.3, -0.25) is 14.7 Å². The summed E-state index contributed by atoms with van der Waals surface area (Å²) in [6.07, 6.45) is 8.26. The molecule has 0 fully saturated rings. The molecular formula is C16H21N3O. The lowest BCUT2D eigenvalue weighted by Gasteiger charge is -2.22. The Hall–Kier alpha value is -1.68. The Balaban J connectivity index is 1.69. The first-order valence-electron chi connectivity index (χ1n) is 7.31. The van der Waals surface area contributed by atoms with E-state index in [9.17, 15) is 4.79 Å². The van der Waals surface area contributed by atoms with Crippen LogP contribution in [0.1, 0.15) is 22.5 Å². The Morgan fingerprint density at radius 1 is 1.35 bits per heavy atom. The van der Waals surface area contributed by atoms with Crippen LogP contribution in [0.2, 0.25) is 0 Å². The second-order valence-corrected chi connectivity index (χ2v) is 5.77. The Labute approximate surface area is 120 Å². The Morgan fingerprint density at radius 3 is 2.95 bits per heavy atom. The topological polar surface area (TPSA) is 36.4 Å². The van der Waals surface area contributed by atoms with Crippen LogP contribution in [0.3, 0.4) is 0 Å². The van der Waals surface area contributed by atoms with Crippen LogP contribution in [-0.4, -0.2) is 53.9 Å². The summed E-state index contributed by atoms with van der Waals surface area (Å²) in [5.74, 6) is 0.610. The average Bonchev–Trinajstić information content (AvgIpc) is 2.94. The molecule has 1 amide bonds. The summed E-state index contributed by atoms with van der Waals surface area (Å²) in [5, 5.41) is 0. The van der Waals surface area contributed by atoms with E-state index in [0.717, 1.165) is 50.3 Å². The number of rotatable bonds is 3. The monoisotopic (exact) mass is 271 g/mol. The highest BCUT2D eigenvalue weighted by Gasteiger charge is 2.26. The van der Waals surface area contributed by atoms with Crippen molar-refractivity contribution in [3.8, 4) is 0 Å². The molecule has 0 bridgehead atoms. The minimum atomic E-state index is 0.110. The second kappa shape index (κ2) is 5.75. The second-order valence-electron chi connectivity index (χ2n) is 5.77. The van der Waals surface area contributed by atoms with E-state index in [2.05, 4.69) is 22.0 Å². The van der Waals surface area contributed by atoms with Crippen LogP contribution in [0, 0.1) is 5.92 Å². The molecule has 0 N–H and O–H groups in total. The first-order valence-corrected chi connectivity index (χ1v) is 7.31. The van der Waals surface area contributed by atoms with Crippen LogP contribution in [0.5, 0.6) is 0 Å². The van der Waals surface area contributed by atoms with Gasteiger partial charge < -0.3 is 4.90 Å². The maximum Gasteiger partial charge on any atom is 0.255 e. The quantitative estimate of drug-likeness (QED) is 0.783. The maximum atomic E-state index is 12.3. The molecule has 20 heavy (non-hydrogen) atoms. The van der Waals surface area contributed by atoms with Gasteiger partial charge in [0.05, 0.1) is 11.3 Å². The van der Waals surface area contributed by atoms with Crippen molar-refractivity contribution in [1.29, 1.82) is 0 Å². The van der Waals surface area contributed by atoms with Crippen LogP contribution in [-0.2, 0) is 6.42 Å². The fraction of sp³-hybridized carbons (Fsp3) is 0.500. The SMILES string of the molecule is CN1CC(CCN2CC=CC2)Cc2ncccc2C1=O. The van der Waals surface area contributed by atoms with Crippen molar-refractivity contribution in [2.45, 2.75) is 12.8 Å². The number of pyridine rings is 1. The highest BCUT2D eigenvalue weighted by Crippen LogP contribution is 2.22. The molecule has 0 aromatic carbocycles. The average molecular weight is 271 g/mol. The zero-order valence-electron chi connectivity index (χ0n) is 12.0. The highest BCUT2D eigenvalue weighted by atomic mass is 16.2. The lowest BCUT2D eigenvalue weighted by molar-refractivity contribution is 0.0778. The van der Waals surface area contributed by atoms with Gasteiger partial charge in [-0.15, -0.1) is 0 Å². The van der Waals surface area contributed by atoms with E-state index in [0.29, 0.717) is 5.92 Å². The zero-order valence-corrected chi connectivity index (χ0v) is 12.0. The summed E-state index contributed by atoms with van der Waals surface area (Å²) < 4.78 is 0.